The zero-order valence-electron chi connectivity index (χ0n) is 9.66. The first kappa shape index (κ1) is 10.8. The molecular weight excluding hydrogens is 252 g/mol. The van der Waals surface area contributed by atoms with Crippen molar-refractivity contribution in [2.45, 2.75) is 33.1 Å². The average Bonchev–Trinajstić information content (AvgIpc) is 2.85. The molecule has 84 valence electrons. The summed E-state index contributed by atoms with van der Waals surface area (Å²) in [4.78, 5) is 3.04. The number of thiophene rings is 3. The fourth-order valence-corrected chi connectivity index (χ4v) is 5.96. The summed E-state index contributed by atoms with van der Waals surface area (Å²) in [6.07, 6.45) is 1.16. The molecule has 0 fully saturated rings. The number of hydrogen-bond acceptors (Lipinski definition) is 3. The van der Waals surface area contributed by atoms with Crippen molar-refractivity contribution in [3.05, 3.63) is 21.9 Å². The fraction of sp³-hybridized carbons (Fsp3) is 0.385. The first-order valence-corrected chi connectivity index (χ1v) is 8.08. The molecule has 3 aromatic heterocycles. The van der Waals surface area contributed by atoms with Crippen molar-refractivity contribution in [2.75, 3.05) is 0 Å². The maximum atomic E-state index is 2.40. The minimum Gasteiger partial charge on any atom is -0.129 e. The molecular formula is C13H14S3. The van der Waals surface area contributed by atoms with Crippen LogP contribution in [0.3, 0.4) is 0 Å². The molecule has 0 saturated carbocycles. The van der Waals surface area contributed by atoms with Crippen molar-refractivity contribution in [3.8, 4) is 0 Å². The third kappa shape index (κ3) is 1.53. The third-order valence-electron chi connectivity index (χ3n) is 2.86. The van der Waals surface area contributed by atoms with Crippen LogP contribution in [-0.2, 0) is 6.42 Å². The van der Waals surface area contributed by atoms with Crippen molar-refractivity contribution in [1.82, 2.24) is 0 Å². The van der Waals surface area contributed by atoms with Crippen LogP contribution in [0, 0.1) is 0 Å². The van der Waals surface area contributed by atoms with E-state index in [2.05, 4.69) is 32.9 Å². The first-order chi connectivity index (χ1) is 7.69. The normalized spacial score (nSPS) is 12.2. The van der Waals surface area contributed by atoms with Crippen LogP contribution in [-0.4, -0.2) is 0 Å². The highest BCUT2D eigenvalue weighted by Crippen LogP contribution is 2.44. The zero-order valence-corrected chi connectivity index (χ0v) is 12.1. The molecule has 0 aliphatic rings. The van der Waals surface area contributed by atoms with Crippen LogP contribution in [0.2, 0.25) is 0 Å². The van der Waals surface area contributed by atoms with Gasteiger partial charge in [-0.1, -0.05) is 20.8 Å². The van der Waals surface area contributed by atoms with Crippen LogP contribution < -0.4 is 0 Å². The number of fused-ring (bicyclic) bond motifs is 3. The second-order valence-corrected chi connectivity index (χ2v) is 8.13. The number of aryl methyl sites for hydroxylation is 1. The van der Waals surface area contributed by atoms with Crippen LogP contribution in [0.4, 0.5) is 0 Å². The third-order valence-corrected chi connectivity index (χ3v) is 6.97. The maximum Gasteiger partial charge on any atom is 0.0889 e. The lowest BCUT2D eigenvalue weighted by molar-refractivity contribution is 0.890. The predicted octanol–water partition coefficient (Wildman–Crippen LogP) is 5.86. The average molecular weight is 266 g/mol. The van der Waals surface area contributed by atoms with Crippen LogP contribution in [0.1, 0.15) is 36.4 Å². The minimum atomic E-state index is 0.656. The lowest BCUT2D eigenvalue weighted by Gasteiger charge is -1.96. The molecule has 3 aromatic rings. The summed E-state index contributed by atoms with van der Waals surface area (Å²) in [6, 6.07) is 4.78. The monoisotopic (exact) mass is 266 g/mol. The minimum absolute atomic E-state index is 0.656. The van der Waals surface area contributed by atoms with Crippen molar-refractivity contribution < 1.29 is 0 Å². The Morgan fingerprint density at radius 3 is 2.38 bits per heavy atom. The van der Waals surface area contributed by atoms with Gasteiger partial charge in [-0.25, -0.2) is 0 Å². The van der Waals surface area contributed by atoms with Crippen LogP contribution in [0.5, 0.6) is 0 Å². The van der Waals surface area contributed by atoms with E-state index in [1.165, 1.54) is 28.6 Å². The molecule has 0 bridgehead atoms. The van der Waals surface area contributed by atoms with Gasteiger partial charge in [-0.05, 0) is 24.5 Å². The molecule has 3 rings (SSSR count). The summed E-state index contributed by atoms with van der Waals surface area (Å²) in [5, 5.41) is 2.98. The summed E-state index contributed by atoms with van der Waals surface area (Å²) in [6.45, 7) is 6.79. The highest BCUT2D eigenvalue weighted by Gasteiger charge is 2.13. The number of rotatable bonds is 2. The molecule has 3 heterocycles. The second-order valence-electron chi connectivity index (χ2n) is 4.37. The molecule has 0 atom stereocenters. The van der Waals surface area contributed by atoms with E-state index in [1.807, 2.05) is 34.0 Å². The second kappa shape index (κ2) is 3.83. The van der Waals surface area contributed by atoms with Crippen molar-refractivity contribution in [1.29, 1.82) is 0 Å². The van der Waals surface area contributed by atoms with Gasteiger partial charge in [-0.3, -0.25) is 0 Å². The highest BCUT2D eigenvalue weighted by molar-refractivity contribution is 7.49. The van der Waals surface area contributed by atoms with Crippen molar-refractivity contribution >= 4 is 52.8 Å². The highest BCUT2D eigenvalue weighted by atomic mass is 32.2. The van der Waals surface area contributed by atoms with Crippen molar-refractivity contribution in [2.24, 2.45) is 0 Å². The molecule has 0 aromatic carbocycles. The van der Waals surface area contributed by atoms with Gasteiger partial charge in [0.2, 0.25) is 0 Å². The van der Waals surface area contributed by atoms with Crippen LogP contribution in [0.25, 0.3) is 18.8 Å². The molecule has 0 N–H and O–H groups in total. The van der Waals surface area contributed by atoms with Crippen LogP contribution in [0.15, 0.2) is 12.1 Å². The molecule has 0 amide bonds. The van der Waals surface area contributed by atoms with Gasteiger partial charge in [-0.15, -0.1) is 34.0 Å². The Labute approximate surface area is 108 Å². The SMILES string of the molecule is CCc1cc2c(s1)sc1sc(C(C)C)cc12. The Hall–Kier alpha value is -0.380. The van der Waals surface area contributed by atoms with Gasteiger partial charge in [0.25, 0.3) is 0 Å². The molecule has 0 saturated heterocycles. The maximum absolute atomic E-state index is 2.40. The Kier molecular flexibility index (Phi) is 2.57. The molecule has 16 heavy (non-hydrogen) atoms. The predicted molar refractivity (Wildman–Crippen MR) is 78.6 cm³/mol. The topological polar surface area (TPSA) is 0 Å². The molecule has 3 heteroatoms. The zero-order chi connectivity index (χ0) is 11.3. The van der Waals surface area contributed by atoms with E-state index in [4.69, 9.17) is 0 Å². The van der Waals surface area contributed by atoms with Crippen molar-refractivity contribution in [3.63, 3.8) is 0 Å². The summed E-state index contributed by atoms with van der Waals surface area (Å²) in [5.41, 5.74) is 0. The quantitative estimate of drug-likeness (QED) is 0.544. The lowest BCUT2D eigenvalue weighted by atomic mass is 10.1. The summed E-state index contributed by atoms with van der Waals surface area (Å²) in [5.74, 6) is 0.656. The van der Waals surface area contributed by atoms with E-state index in [9.17, 15) is 0 Å². The van der Waals surface area contributed by atoms with Gasteiger partial charge in [0.05, 0.1) is 8.03 Å². The Morgan fingerprint density at radius 1 is 1.00 bits per heavy atom. The van der Waals surface area contributed by atoms with Crippen LogP contribution >= 0.6 is 34.0 Å². The fourth-order valence-electron chi connectivity index (χ4n) is 1.89. The molecule has 0 radical (unpaired) electrons. The molecule has 0 aliphatic heterocycles. The van der Waals surface area contributed by atoms with E-state index in [1.54, 1.807) is 0 Å². The Balaban J connectivity index is 2.27. The summed E-state index contributed by atoms with van der Waals surface area (Å²) >= 11 is 5.91. The lowest BCUT2D eigenvalue weighted by Crippen LogP contribution is -1.77. The van der Waals surface area contributed by atoms with E-state index in [-0.39, 0.29) is 0 Å². The van der Waals surface area contributed by atoms with Gasteiger partial charge in [0.1, 0.15) is 0 Å². The largest absolute Gasteiger partial charge is 0.129 e. The Morgan fingerprint density at radius 2 is 1.69 bits per heavy atom. The van der Waals surface area contributed by atoms with E-state index in [0.717, 1.165) is 6.42 Å². The first-order valence-electron chi connectivity index (χ1n) is 5.63. The molecule has 0 unspecified atom stereocenters. The van der Waals surface area contributed by atoms with Gasteiger partial charge in [0, 0.05) is 20.5 Å². The summed E-state index contributed by atoms with van der Waals surface area (Å²) < 4.78 is 3.01. The van der Waals surface area contributed by atoms with E-state index < -0.39 is 0 Å². The van der Waals surface area contributed by atoms with Gasteiger partial charge in [0.15, 0.2) is 0 Å². The molecule has 0 spiro atoms. The van der Waals surface area contributed by atoms with Gasteiger partial charge >= 0.3 is 0 Å². The number of hydrogen-bond donors (Lipinski definition) is 0. The summed E-state index contributed by atoms with van der Waals surface area (Å²) in [7, 11) is 0. The van der Waals surface area contributed by atoms with Gasteiger partial charge in [-0.2, -0.15) is 0 Å². The standard InChI is InChI=1S/C13H14S3/c1-4-8-5-9-10-6-11(7(2)3)15-13(10)16-12(9)14-8/h5-7H,4H2,1-3H3. The Bertz CT molecular complexity index is 637. The molecule has 0 nitrogen and oxygen atoms in total. The smallest absolute Gasteiger partial charge is 0.0889 e. The van der Waals surface area contributed by atoms with Gasteiger partial charge < -0.3 is 0 Å². The molecule has 0 aliphatic carbocycles. The van der Waals surface area contributed by atoms with E-state index in [0.29, 0.717) is 5.92 Å². The van der Waals surface area contributed by atoms with E-state index >= 15 is 0 Å².